The van der Waals surface area contributed by atoms with Crippen LogP contribution in [0.1, 0.15) is 35.6 Å². The zero-order chi connectivity index (χ0) is 23.2. The second-order valence-electron chi connectivity index (χ2n) is 7.75. The first-order valence-electron chi connectivity index (χ1n) is 10.5. The molecular weight excluding hydrogens is 416 g/mol. The van der Waals surface area contributed by atoms with Crippen molar-refractivity contribution in [2.45, 2.75) is 18.9 Å². The van der Waals surface area contributed by atoms with E-state index in [0.717, 1.165) is 11.1 Å². The van der Waals surface area contributed by atoms with Crippen molar-refractivity contribution in [3.63, 3.8) is 0 Å². The second-order valence-corrected chi connectivity index (χ2v) is 7.75. The minimum atomic E-state index is -0.574. The Hall–Kier alpha value is -4.37. The molecule has 1 heterocycles. The number of fused-ring (bicyclic) bond motifs is 1. The van der Waals surface area contributed by atoms with Crippen LogP contribution in [0.5, 0.6) is 5.75 Å². The lowest BCUT2D eigenvalue weighted by molar-refractivity contribution is -0.118. The van der Waals surface area contributed by atoms with Gasteiger partial charge in [0.15, 0.2) is 11.7 Å². The molecule has 0 fully saturated rings. The van der Waals surface area contributed by atoms with Gasteiger partial charge in [-0.05, 0) is 47.4 Å². The number of carbonyl (C=O) groups excluding carboxylic acids is 2. The SMILES string of the molecule is C[C@H](CN[C@H](C(=O)Nc1ccc2c(c1)NC(=C=O)O2)c1ccccc1)c1ccc(C#N)cc1. The van der Waals surface area contributed by atoms with E-state index < -0.39 is 6.04 Å². The summed E-state index contributed by atoms with van der Waals surface area (Å²) in [6, 6.07) is 23.6. The largest absolute Gasteiger partial charge is 0.430 e. The molecule has 1 aliphatic heterocycles. The number of nitriles is 1. The van der Waals surface area contributed by atoms with E-state index in [-0.39, 0.29) is 17.7 Å². The van der Waals surface area contributed by atoms with Gasteiger partial charge >= 0.3 is 0 Å². The number of benzene rings is 3. The highest BCUT2D eigenvalue weighted by molar-refractivity contribution is 5.96. The third-order valence-electron chi connectivity index (χ3n) is 5.43. The van der Waals surface area contributed by atoms with Gasteiger partial charge < -0.3 is 20.7 Å². The highest BCUT2D eigenvalue weighted by Gasteiger charge is 2.23. The fourth-order valence-corrected chi connectivity index (χ4v) is 3.62. The first kappa shape index (κ1) is 21.8. The molecule has 0 bridgehead atoms. The average Bonchev–Trinajstić information content (AvgIpc) is 3.27. The molecule has 164 valence electrons. The fraction of sp³-hybridized carbons (Fsp3) is 0.154. The summed E-state index contributed by atoms with van der Waals surface area (Å²) >= 11 is 0. The molecule has 0 saturated carbocycles. The van der Waals surface area contributed by atoms with E-state index in [9.17, 15) is 9.59 Å². The molecule has 1 aliphatic rings. The molecule has 7 heteroatoms. The van der Waals surface area contributed by atoms with Crippen LogP contribution in [-0.4, -0.2) is 18.4 Å². The lowest BCUT2D eigenvalue weighted by atomic mass is 9.98. The van der Waals surface area contributed by atoms with Crippen LogP contribution in [0.4, 0.5) is 11.4 Å². The van der Waals surface area contributed by atoms with Crippen LogP contribution in [0.3, 0.4) is 0 Å². The smallest absolute Gasteiger partial charge is 0.285 e. The lowest BCUT2D eigenvalue weighted by Crippen LogP contribution is -2.35. The van der Waals surface area contributed by atoms with Crippen molar-refractivity contribution < 1.29 is 14.3 Å². The molecule has 3 aromatic carbocycles. The summed E-state index contributed by atoms with van der Waals surface area (Å²) in [6.45, 7) is 2.63. The van der Waals surface area contributed by atoms with E-state index in [0.29, 0.717) is 29.2 Å². The second kappa shape index (κ2) is 9.84. The molecule has 3 aromatic rings. The van der Waals surface area contributed by atoms with Crippen LogP contribution < -0.4 is 20.7 Å². The summed E-state index contributed by atoms with van der Waals surface area (Å²) < 4.78 is 5.29. The Morgan fingerprint density at radius 2 is 1.82 bits per heavy atom. The highest BCUT2D eigenvalue weighted by atomic mass is 16.5. The van der Waals surface area contributed by atoms with E-state index in [4.69, 9.17) is 10.00 Å². The first-order chi connectivity index (χ1) is 16.1. The van der Waals surface area contributed by atoms with Crippen molar-refractivity contribution in [3.05, 3.63) is 95.4 Å². The summed E-state index contributed by atoms with van der Waals surface area (Å²) in [7, 11) is 0. The van der Waals surface area contributed by atoms with Gasteiger partial charge in [-0.2, -0.15) is 5.26 Å². The highest BCUT2D eigenvalue weighted by Crippen LogP contribution is 2.35. The topological polar surface area (TPSA) is 103 Å². The number of nitrogens with one attached hydrogen (secondary N) is 3. The number of anilines is 2. The van der Waals surface area contributed by atoms with Crippen LogP contribution in [0, 0.1) is 11.3 Å². The van der Waals surface area contributed by atoms with Gasteiger partial charge in [-0.25, -0.2) is 4.79 Å². The Labute approximate surface area is 191 Å². The van der Waals surface area contributed by atoms with E-state index in [1.807, 2.05) is 42.5 Å². The van der Waals surface area contributed by atoms with Crippen molar-refractivity contribution in [1.29, 1.82) is 5.26 Å². The molecule has 0 saturated heterocycles. The number of carbonyl (C=O) groups is 1. The first-order valence-corrected chi connectivity index (χ1v) is 10.5. The molecule has 7 nitrogen and oxygen atoms in total. The van der Waals surface area contributed by atoms with Crippen LogP contribution in [-0.2, 0) is 9.59 Å². The number of rotatable bonds is 7. The zero-order valence-electron chi connectivity index (χ0n) is 18.0. The maximum Gasteiger partial charge on any atom is 0.285 e. The number of hydrogen-bond donors (Lipinski definition) is 3. The summed E-state index contributed by atoms with van der Waals surface area (Å²) in [5.41, 5.74) is 3.70. The minimum absolute atomic E-state index is 0.00547. The van der Waals surface area contributed by atoms with Crippen LogP contribution in [0.15, 0.2) is 78.7 Å². The number of hydrogen-bond acceptors (Lipinski definition) is 6. The normalized spacial score (nSPS) is 13.5. The standard InChI is InChI=1S/C26H22N4O3/c1-17(19-9-7-18(14-27)8-10-19)15-28-25(20-5-3-2-4-6-20)26(32)29-21-11-12-23-22(13-21)30-24(16-31)33-23/h2-13,17,25,28,30H,15H2,1H3,(H,29,32)/t17-,25+/m1/s1. The summed E-state index contributed by atoms with van der Waals surface area (Å²) in [4.78, 5) is 24.0. The molecule has 0 aromatic heterocycles. The van der Waals surface area contributed by atoms with E-state index in [2.05, 4.69) is 28.9 Å². The molecule has 33 heavy (non-hydrogen) atoms. The number of nitrogens with zero attached hydrogens (tertiary/aromatic N) is 1. The predicted molar refractivity (Wildman–Crippen MR) is 125 cm³/mol. The Kier molecular flexibility index (Phi) is 6.51. The molecule has 0 radical (unpaired) electrons. The molecule has 0 unspecified atom stereocenters. The summed E-state index contributed by atoms with van der Waals surface area (Å²) in [5.74, 6) is 2.09. The molecule has 1 amide bonds. The van der Waals surface area contributed by atoms with E-state index in [1.165, 1.54) is 0 Å². The minimum Gasteiger partial charge on any atom is -0.430 e. The van der Waals surface area contributed by atoms with Gasteiger partial charge in [0.1, 0.15) is 6.04 Å². The van der Waals surface area contributed by atoms with Gasteiger partial charge in [0.2, 0.25) is 5.91 Å². The molecule has 0 spiro atoms. The molecule has 3 N–H and O–H groups in total. The van der Waals surface area contributed by atoms with Crippen molar-refractivity contribution in [2.75, 3.05) is 17.2 Å². The number of ether oxygens (including phenoxy) is 1. The summed E-state index contributed by atoms with van der Waals surface area (Å²) in [6.07, 6.45) is 0. The molecule has 4 rings (SSSR count). The lowest BCUT2D eigenvalue weighted by Gasteiger charge is -2.22. The van der Waals surface area contributed by atoms with Gasteiger partial charge in [-0.3, -0.25) is 4.79 Å². The van der Waals surface area contributed by atoms with E-state index in [1.54, 1.807) is 36.3 Å². The third-order valence-corrected chi connectivity index (χ3v) is 5.43. The van der Waals surface area contributed by atoms with Gasteiger partial charge in [0.25, 0.3) is 5.88 Å². The summed E-state index contributed by atoms with van der Waals surface area (Å²) in [5, 5.41) is 18.1. The van der Waals surface area contributed by atoms with Crippen LogP contribution >= 0.6 is 0 Å². The monoisotopic (exact) mass is 438 g/mol. The van der Waals surface area contributed by atoms with Crippen molar-refractivity contribution in [1.82, 2.24) is 5.32 Å². The molecule has 0 aliphatic carbocycles. The van der Waals surface area contributed by atoms with Crippen molar-refractivity contribution in [2.24, 2.45) is 0 Å². The maximum atomic E-state index is 13.2. The third kappa shape index (κ3) is 5.10. The predicted octanol–water partition coefficient (Wildman–Crippen LogP) is 4.11. The molecular formula is C26H22N4O3. The Morgan fingerprint density at radius 1 is 1.06 bits per heavy atom. The van der Waals surface area contributed by atoms with Crippen LogP contribution in [0.2, 0.25) is 0 Å². The van der Waals surface area contributed by atoms with Crippen LogP contribution in [0.25, 0.3) is 0 Å². The van der Waals surface area contributed by atoms with Crippen molar-refractivity contribution >= 4 is 23.2 Å². The Balaban J connectivity index is 1.48. The van der Waals surface area contributed by atoms with Crippen molar-refractivity contribution in [3.8, 4) is 11.8 Å². The van der Waals surface area contributed by atoms with Gasteiger partial charge in [0.05, 0.1) is 17.3 Å². The van der Waals surface area contributed by atoms with Gasteiger partial charge in [-0.1, -0.05) is 49.4 Å². The quantitative estimate of drug-likeness (QED) is 0.480. The van der Waals surface area contributed by atoms with Gasteiger partial charge in [0, 0.05) is 12.2 Å². The van der Waals surface area contributed by atoms with Gasteiger partial charge in [-0.15, -0.1) is 0 Å². The maximum absolute atomic E-state index is 13.2. The fourth-order valence-electron chi connectivity index (χ4n) is 3.62. The Morgan fingerprint density at radius 3 is 2.52 bits per heavy atom. The zero-order valence-corrected chi connectivity index (χ0v) is 18.0. The Bertz CT molecular complexity index is 1240. The molecule has 2 atom stereocenters. The average molecular weight is 438 g/mol. The number of amides is 1. The van der Waals surface area contributed by atoms with E-state index >= 15 is 0 Å².